The Morgan fingerprint density at radius 1 is 1.22 bits per heavy atom. The molecular formula is C16H25NO. The van der Waals surface area contributed by atoms with Gasteiger partial charge >= 0.3 is 0 Å². The molecule has 0 radical (unpaired) electrons. The summed E-state index contributed by atoms with van der Waals surface area (Å²) >= 11 is 0. The van der Waals surface area contributed by atoms with Crippen LogP contribution in [-0.4, -0.2) is 18.8 Å². The molecule has 1 aromatic carbocycles. The van der Waals surface area contributed by atoms with Crippen molar-refractivity contribution in [2.45, 2.75) is 51.0 Å². The fourth-order valence-corrected chi connectivity index (χ4v) is 2.54. The van der Waals surface area contributed by atoms with Crippen molar-refractivity contribution in [3.63, 3.8) is 0 Å². The summed E-state index contributed by atoms with van der Waals surface area (Å²) in [4.78, 5) is 0. The van der Waals surface area contributed by atoms with Crippen LogP contribution in [0.4, 0.5) is 0 Å². The van der Waals surface area contributed by atoms with Gasteiger partial charge in [0.15, 0.2) is 0 Å². The second kappa shape index (κ2) is 5.02. The van der Waals surface area contributed by atoms with Gasteiger partial charge in [0.1, 0.15) is 0 Å². The first kappa shape index (κ1) is 13.6. The Hall–Kier alpha value is -0.860. The number of nitrogens with two attached hydrogens (primary N) is 1. The highest BCUT2D eigenvalue weighted by molar-refractivity contribution is 5.28. The number of hydrogen-bond donors (Lipinski definition) is 1. The molecule has 0 bridgehead atoms. The van der Waals surface area contributed by atoms with Crippen LogP contribution in [0.25, 0.3) is 0 Å². The molecule has 0 aliphatic carbocycles. The lowest BCUT2D eigenvalue weighted by atomic mass is 9.84. The van der Waals surface area contributed by atoms with E-state index in [0.717, 1.165) is 25.9 Å². The van der Waals surface area contributed by atoms with Crippen LogP contribution in [-0.2, 0) is 16.6 Å². The lowest BCUT2D eigenvalue weighted by molar-refractivity contribution is 0.0382. The molecule has 1 aliphatic rings. The Bertz CT molecular complexity index is 383. The Labute approximate surface area is 111 Å². The van der Waals surface area contributed by atoms with Gasteiger partial charge < -0.3 is 10.5 Å². The predicted molar refractivity (Wildman–Crippen MR) is 75.8 cm³/mol. The summed E-state index contributed by atoms with van der Waals surface area (Å²) in [6.45, 7) is 8.26. The van der Waals surface area contributed by atoms with E-state index in [2.05, 4.69) is 45.0 Å². The van der Waals surface area contributed by atoms with E-state index >= 15 is 0 Å². The lowest BCUT2D eigenvalue weighted by Gasteiger charge is -2.33. The molecular weight excluding hydrogens is 222 g/mol. The smallest absolute Gasteiger partial charge is 0.0649 e. The van der Waals surface area contributed by atoms with E-state index in [1.807, 2.05) is 0 Å². The third-order valence-corrected chi connectivity index (χ3v) is 3.73. The molecule has 1 aromatic rings. The number of hydrogen-bond acceptors (Lipinski definition) is 2. The van der Waals surface area contributed by atoms with Gasteiger partial charge in [0, 0.05) is 12.1 Å². The summed E-state index contributed by atoms with van der Waals surface area (Å²) in [6, 6.07) is 8.87. The van der Waals surface area contributed by atoms with Gasteiger partial charge in [0.2, 0.25) is 0 Å². The molecule has 1 unspecified atom stereocenters. The van der Waals surface area contributed by atoms with E-state index in [9.17, 15) is 0 Å². The molecule has 1 atom stereocenters. The minimum absolute atomic E-state index is 0.165. The molecule has 2 nitrogen and oxygen atoms in total. The van der Waals surface area contributed by atoms with Crippen LogP contribution in [0, 0.1) is 0 Å². The van der Waals surface area contributed by atoms with E-state index in [1.165, 1.54) is 11.1 Å². The fraction of sp³-hybridized carbons (Fsp3) is 0.625. The summed E-state index contributed by atoms with van der Waals surface area (Å²) in [5.74, 6) is 0. The quantitative estimate of drug-likeness (QED) is 0.872. The largest absolute Gasteiger partial charge is 0.380 e. The standard InChI is InChI=1S/C16H25NO/c1-15(2,3)14-7-5-13(6-8-14)11-16(17)9-4-10-18-12-16/h5-8H,4,9-12,17H2,1-3H3. The van der Waals surface area contributed by atoms with Gasteiger partial charge in [0.25, 0.3) is 0 Å². The molecule has 1 heterocycles. The van der Waals surface area contributed by atoms with Crippen LogP contribution in [0.3, 0.4) is 0 Å². The minimum atomic E-state index is -0.165. The fourth-order valence-electron chi connectivity index (χ4n) is 2.54. The summed E-state index contributed by atoms with van der Waals surface area (Å²) in [7, 11) is 0. The van der Waals surface area contributed by atoms with E-state index in [1.54, 1.807) is 0 Å². The topological polar surface area (TPSA) is 35.2 Å². The molecule has 0 saturated carbocycles. The maximum absolute atomic E-state index is 6.39. The van der Waals surface area contributed by atoms with Crippen LogP contribution >= 0.6 is 0 Å². The van der Waals surface area contributed by atoms with Crippen molar-refractivity contribution in [3.8, 4) is 0 Å². The zero-order valence-electron chi connectivity index (χ0n) is 11.8. The second-order valence-corrected chi connectivity index (χ2v) is 6.64. The maximum Gasteiger partial charge on any atom is 0.0649 e. The van der Waals surface area contributed by atoms with Crippen molar-refractivity contribution in [2.75, 3.05) is 13.2 Å². The number of ether oxygens (including phenoxy) is 1. The average Bonchev–Trinajstić information content (AvgIpc) is 2.29. The molecule has 100 valence electrons. The molecule has 1 fully saturated rings. The van der Waals surface area contributed by atoms with Gasteiger partial charge in [-0.2, -0.15) is 0 Å². The van der Waals surface area contributed by atoms with Crippen LogP contribution in [0.15, 0.2) is 24.3 Å². The number of benzene rings is 1. The first-order chi connectivity index (χ1) is 8.39. The van der Waals surface area contributed by atoms with Gasteiger partial charge in [-0.3, -0.25) is 0 Å². The first-order valence-corrected chi connectivity index (χ1v) is 6.85. The molecule has 1 saturated heterocycles. The molecule has 0 amide bonds. The number of rotatable bonds is 2. The van der Waals surface area contributed by atoms with Crippen molar-refractivity contribution < 1.29 is 4.74 Å². The highest BCUT2D eigenvalue weighted by atomic mass is 16.5. The second-order valence-electron chi connectivity index (χ2n) is 6.64. The zero-order chi connectivity index (χ0) is 13.2. The predicted octanol–water partition coefficient (Wildman–Crippen LogP) is 3.03. The van der Waals surface area contributed by atoms with Gasteiger partial charge in [-0.05, 0) is 35.8 Å². The summed E-state index contributed by atoms with van der Waals surface area (Å²) < 4.78 is 5.51. The Kier molecular flexibility index (Phi) is 3.79. The molecule has 0 spiro atoms. The van der Waals surface area contributed by atoms with Crippen LogP contribution in [0.5, 0.6) is 0 Å². The van der Waals surface area contributed by atoms with E-state index < -0.39 is 0 Å². The van der Waals surface area contributed by atoms with Crippen molar-refractivity contribution in [1.82, 2.24) is 0 Å². The maximum atomic E-state index is 6.39. The third kappa shape index (κ3) is 3.33. The minimum Gasteiger partial charge on any atom is -0.380 e. The molecule has 2 rings (SSSR count). The molecule has 2 N–H and O–H groups in total. The van der Waals surface area contributed by atoms with Gasteiger partial charge in [-0.1, -0.05) is 45.0 Å². The van der Waals surface area contributed by atoms with Gasteiger partial charge in [-0.25, -0.2) is 0 Å². The van der Waals surface area contributed by atoms with Crippen molar-refractivity contribution in [2.24, 2.45) is 5.73 Å². The van der Waals surface area contributed by atoms with E-state index in [4.69, 9.17) is 10.5 Å². The first-order valence-electron chi connectivity index (χ1n) is 6.85. The van der Waals surface area contributed by atoms with Crippen molar-refractivity contribution >= 4 is 0 Å². The SMILES string of the molecule is CC(C)(C)c1ccc(CC2(N)CCCOC2)cc1. The molecule has 18 heavy (non-hydrogen) atoms. The van der Waals surface area contributed by atoms with Crippen LogP contribution < -0.4 is 5.73 Å². The Morgan fingerprint density at radius 2 is 1.89 bits per heavy atom. The Balaban J connectivity index is 2.06. The summed E-state index contributed by atoms with van der Waals surface area (Å²) in [5.41, 5.74) is 9.13. The monoisotopic (exact) mass is 247 g/mol. The van der Waals surface area contributed by atoms with Crippen LogP contribution in [0.2, 0.25) is 0 Å². The molecule has 2 heteroatoms. The average molecular weight is 247 g/mol. The van der Waals surface area contributed by atoms with Crippen molar-refractivity contribution in [3.05, 3.63) is 35.4 Å². The van der Waals surface area contributed by atoms with E-state index in [0.29, 0.717) is 6.61 Å². The Morgan fingerprint density at radius 3 is 2.39 bits per heavy atom. The highest BCUT2D eigenvalue weighted by Gasteiger charge is 2.28. The van der Waals surface area contributed by atoms with Crippen LogP contribution in [0.1, 0.15) is 44.7 Å². The van der Waals surface area contributed by atoms with Gasteiger partial charge in [-0.15, -0.1) is 0 Å². The highest BCUT2D eigenvalue weighted by Crippen LogP contribution is 2.25. The third-order valence-electron chi connectivity index (χ3n) is 3.73. The molecule has 1 aliphatic heterocycles. The van der Waals surface area contributed by atoms with Crippen molar-refractivity contribution in [1.29, 1.82) is 0 Å². The van der Waals surface area contributed by atoms with Gasteiger partial charge in [0.05, 0.1) is 6.61 Å². The summed E-state index contributed by atoms with van der Waals surface area (Å²) in [6.07, 6.45) is 3.06. The zero-order valence-corrected chi connectivity index (χ0v) is 11.8. The molecule has 0 aromatic heterocycles. The lowest BCUT2D eigenvalue weighted by Crippen LogP contribution is -2.49. The summed E-state index contributed by atoms with van der Waals surface area (Å²) in [5, 5.41) is 0. The normalized spacial score (nSPS) is 25.1. The van der Waals surface area contributed by atoms with E-state index in [-0.39, 0.29) is 11.0 Å².